The highest BCUT2D eigenvalue weighted by molar-refractivity contribution is 6.00. The first-order valence-electron chi connectivity index (χ1n) is 12.7. The molecule has 3 unspecified atom stereocenters. The number of nitrogens with one attached hydrogen (secondary N) is 1. The van der Waals surface area contributed by atoms with Crippen molar-refractivity contribution in [2.45, 2.75) is 69.4 Å². The van der Waals surface area contributed by atoms with Crippen LogP contribution in [0.4, 0.5) is 0 Å². The van der Waals surface area contributed by atoms with Gasteiger partial charge in [0.25, 0.3) is 0 Å². The monoisotopic (exact) mass is 458 g/mol. The lowest BCUT2D eigenvalue weighted by Gasteiger charge is -2.42. The molecule has 0 spiro atoms. The van der Waals surface area contributed by atoms with E-state index in [9.17, 15) is 9.59 Å². The number of benzene rings is 2. The van der Waals surface area contributed by atoms with E-state index in [1.165, 1.54) is 35.1 Å². The highest BCUT2D eigenvalue weighted by Crippen LogP contribution is 2.39. The number of carbonyl (C=O) groups is 2. The molecule has 0 aromatic heterocycles. The smallest absolute Gasteiger partial charge is 0.243 e. The number of likely N-dealkylation sites (N-methyl/N-ethyl adjacent to an activating group) is 1. The maximum Gasteiger partial charge on any atom is 0.243 e. The van der Waals surface area contributed by atoms with Gasteiger partial charge in [0.1, 0.15) is 0 Å². The molecular weight excluding hydrogens is 424 g/mol. The third kappa shape index (κ3) is 4.19. The number of hydrogen-bond acceptors (Lipinski definition) is 5. The van der Waals surface area contributed by atoms with Crippen molar-refractivity contribution in [1.29, 1.82) is 0 Å². The van der Waals surface area contributed by atoms with Gasteiger partial charge >= 0.3 is 0 Å². The number of rotatable bonds is 4. The van der Waals surface area contributed by atoms with Gasteiger partial charge in [0, 0.05) is 51.2 Å². The van der Waals surface area contributed by atoms with Crippen LogP contribution in [0.15, 0.2) is 48.5 Å². The van der Waals surface area contributed by atoms with Crippen LogP contribution in [0.5, 0.6) is 0 Å². The fourth-order valence-corrected chi connectivity index (χ4v) is 6.62. The van der Waals surface area contributed by atoms with E-state index in [0.717, 1.165) is 32.7 Å². The molecule has 2 aromatic rings. The number of carbonyl (C=O) groups excluding carboxylic acids is 2. The molecule has 7 rings (SSSR count). The molecule has 5 aliphatic heterocycles. The molecule has 1 N–H and O–H groups in total. The van der Waals surface area contributed by atoms with Crippen molar-refractivity contribution in [3.63, 3.8) is 0 Å². The highest BCUT2D eigenvalue weighted by Gasteiger charge is 2.40. The van der Waals surface area contributed by atoms with Gasteiger partial charge in [0.05, 0.1) is 6.04 Å². The predicted octanol–water partition coefficient (Wildman–Crippen LogP) is 2.87. The molecule has 2 bridgehead atoms. The number of imide groups is 1. The molecule has 34 heavy (non-hydrogen) atoms. The van der Waals surface area contributed by atoms with Crippen LogP contribution in [0, 0.1) is 0 Å². The van der Waals surface area contributed by atoms with Crippen molar-refractivity contribution in [1.82, 2.24) is 20.0 Å². The lowest BCUT2D eigenvalue weighted by Crippen LogP contribution is -2.54. The molecule has 0 saturated carbocycles. The van der Waals surface area contributed by atoms with Crippen molar-refractivity contribution in [2.75, 3.05) is 20.1 Å². The second kappa shape index (κ2) is 8.91. The first-order chi connectivity index (χ1) is 16.5. The summed E-state index contributed by atoms with van der Waals surface area (Å²) in [6.45, 7) is 4.91. The van der Waals surface area contributed by atoms with Gasteiger partial charge in [-0.05, 0) is 54.5 Å². The molecule has 0 radical (unpaired) electrons. The van der Waals surface area contributed by atoms with E-state index in [-0.39, 0.29) is 17.9 Å². The van der Waals surface area contributed by atoms with E-state index in [1.807, 2.05) is 0 Å². The van der Waals surface area contributed by atoms with Crippen molar-refractivity contribution in [3.05, 3.63) is 70.8 Å². The molecule has 4 fully saturated rings. The van der Waals surface area contributed by atoms with Crippen LogP contribution >= 0.6 is 0 Å². The number of piperidine rings is 1. The zero-order chi connectivity index (χ0) is 23.2. The van der Waals surface area contributed by atoms with E-state index in [4.69, 9.17) is 0 Å². The molecule has 6 nitrogen and oxygen atoms in total. The molecular formula is C28H34N4O2. The fourth-order valence-electron chi connectivity index (χ4n) is 6.62. The van der Waals surface area contributed by atoms with Crippen LogP contribution in [-0.4, -0.2) is 64.8 Å². The molecule has 5 heterocycles. The lowest BCUT2D eigenvalue weighted by molar-refractivity contribution is -0.137. The normalized spacial score (nSPS) is 30.3. The first-order valence-corrected chi connectivity index (χ1v) is 12.7. The van der Waals surface area contributed by atoms with Crippen molar-refractivity contribution < 1.29 is 9.59 Å². The molecule has 5 aliphatic rings. The number of amides is 2. The number of piperazine rings is 1. The second-order valence-corrected chi connectivity index (χ2v) is 10.7. The maximum absolute atomic E-state index is 12.4. The van der Waals surface area contributed by atoms with Crippen LogP contribution in [0.1, 0.15) is 53.9 Å². The number of hydrogen-bond donors (Lipinski definition) is 1. The van der Waals surface area contributed by atoms with E-state index in [0.29, 0.717) is 30.8 Å². The summed E-state index contributed by atoms with van der Waals surface area (Å²) in [5.74, 6) is 0.288. The van der Waals surface area contributed by atoms with E-state index >= 15 is 0 Å². The zero-order valence-electron chi connectivity index (χ0n) is 20.0. The first kappa shape index (κ1) is 22.0. The Labute approximate surface area is 201 Å². The number of nitrogens with zero attached hydrogens (tertiary/aromatic N) is 3. The molecule has 178 valence electrons. The van der Waals surface area contributed by atoms with Crippen LogP contribution in [0.25, 0.3) is 0 Å². The topological polar surface area (TPSA) is 55.9 Å². The van der Waals surface area contributed by atoms with Gasteiger partial charge in [0.15, 0.2) is 0 Å². The van der Waals surface area contributed by atoms with Crippen LogP contribution < -0.4 is 5.32 Å². The third-order valence-electron chi connectivity index (χ3n) is 8.52. The van der Waals surface area contributed by atoms with Crippen molar-refractivity contribution >= 4 is 11.8 Å². The summed E-state index contributed by atoms with van der Waals surface area (Å²) in [5, 5.41) is 2.52. The van der Waals surface area contributed by atoms with Crippen molar-refractivity contribution in [3.8, 4) is 0 Å². The maximum atomic E-state index is 12.4. The minimum atomic E-state index is -0.192. The average molecular weight is 459 g/mol. The van der Waals surface area contributed by atoms with Crippen LogP contribution in [-0.2, 0) is 29.2 Å². The molecule has 2 amide bonds. The van der Waals surface area contributed by atoms with Gasteiger partial charge in [-0.1, -0.05) is 48.5 Å². The summed E-state index contributed by atoms with van der Waals surface area (Å²) in [4.78, 5) is 31.5. The Balaban J connectivity index is 1.18. The Bertz CT molecular complexity index is 1090. The van der Waals surface area contributed by atoms with Gasteiger partial charge in [-0.3, -0.25) is 24.7 Å². The third-order valence-corrected chi connectivity index (χ3v) is 8.52. The Morgan fingerprint density at radius 1 is 0.941 bits per heavy atom. The summed E-state index contributed by atoms with van der Waals surface area (Å²) in [7, 11) is 2.29. The van der Waals surface area contributed by atoms with E-state index < -0.39 is 0 Å². The summed E-state index contributed by atoms with van der Waals surface area (Å²) < 4.78 is 0. The Kier molecular flexibility index (Phi) is 5.76. The molecule has 6 heteroatoms. The Morgan fingerprint density at radius 3 is 2.56 bits per heavy atom. The van der Waals surface area contributed by atoms with Crippen LogP contribution in [0.2, 0.25) is 0 Å². The molecule has 0 aliphatic carbocycles. The SMILES string of the molecule is CN1C[C@@H]2CC(c3ccc4c(c3)CN(C3CCC(=O)NC3=O)C4)CC1CN2Cc1ccccc1. The standard InChI is InChI=1S/C28H34N4O2/c1-30-17-25-13-22(12-24(30)18-31(25)14-19-5-3-2-4-6-19)20-7-8-21-15-32(16-23(21)11-20)26-9-10-27(33)29-28(26)34/h2-8,11,22,24-26H,9-10,12-18H2,1H3,(H,29,33,34)/t22?,24?,25-,26?/m0/s1. The predicted molar refractivity (Wildman–Crippen MR) is 131 cm³/mol. The van der Waals surface area contributed by atoms with Gasteiger partial charge in [-0.2, -0.15) is 0 Å². The summed E-state index contributed by atoms with van der Waals surface area (Å²) in [5.41, 5.74) is 5.54. The van der Waals surface area contributed by atoms with Gasteiger partial charge in [0.2, 0.25) is 11.8 Å². The largest absolute Gasteiger partial charge is 0.301 e. The summed E-state index contributed by atoms with van der Waals surface area (Å²) in [6, 6.07) is 18.9. The van der Waals surface area contributed by atoms with Gasteiger partial charge in [-0.25, -0.2) is 0 Å². The minimum Gasteiger partial charge on any atom is -0.301 e. The van der Waals surface area contributed by atoms with E-state index in [1.54, 1.807) is 0 Å². The molecule has 4 saturated heterocycles. The average Bonchev–Trinajstić information content (AvgIpc) is 3.07. The van der Waals surface area contributed by atoms with Crippen LogP contribution in [0.3, 0.4) is 0 Å². The molecule has 2 aromatic carbocycles. The second-order valence-electron chi connectivity index (χ2n) is 10.7. The molecule has 4 atom stereocenters. The van der Waals surface area contributed by atoms with Gasteiger partial charge < -0.3 is 4.90 Å². The minimum absolute atomic E-state index is 0.133. The summed E-state index contributed by atoms with van der Waals surface area (Å²) in [6.07, 6.45) is 3.46. The van der Waals surface area contributed by atoms with Gasteiger partial charge in [-0.15, -0.1) is 0 Å². The zero-order valence-corrected chi connectivity index (χ0v) is 20.0. The number of fused-ring (bicyclic) bond motifs is 5. The quantitative estimate of drug-likeness (QED) is 0.714. The van der Waals surface area contributed by atoms with E-state index in [2.05, 4.69) is 75.6 Å². The fraction of sp³-hybridized carbons (Fsp3) is 0.500. The highest BCUT2D eigenvalue weighted by atomic mass is 16.2. The Morgan fingerprint density at radius 2 is 1.74 bits per heavy atom. The summed E-state index contributed by atoms with van der Waals surface area (Å²) >= 11 is 0. The van der Waals surface area contributed by atoms with Crippen molar-refractivity contribution in [2.24, 2.45) is 0 Å². The lowest BCUT2D eigenvalue weighted by atomic mass is 9.88. The Hall–Kier alpha value is -2.54.